The molecule has 2 aromatic rings. The Hall–Kier alpha value is -2.49. The molecule has 0 aliphatic carbocycles. The lowest BCUT2D eigenvalue weighted by Gasteiger charge is -2.22. The number of para-hydroxylation sites is 1. The van der Waals surface area contributed by atoms with Crippen molar-refractivity contribution in [3.05, 3.63) is 53.6 Å². The van der Waals surface area contributed by atoms with E-state index in [2.05, 4.69) is 22.3 Å². The lowest BCUT2D eigenvalue weighted by molar-refractivity contribution is 0.0963. The fourth-order valence-corrected chi connectivity index (χ4v) is 2.65. The zero-order valence-electron chi connectivity index (χ0n) is 11.4. The van der Waals surface area contributed by atoms with Crippen molar-refractivity contribution in [3.63, 3.8) is 0 Å². The first-order valence-electron chi connectivity index (χ1n) is 6.68. The summed E-state index contributed by atoms with van der Waals surface area (Å²) in [5.41, 5.74) is 10.8. The number of nitrogens with zero attached hydrogens (tertiary/aromatic N) is 1. The van der Waals surface area contributed by atoms with Crippen molar-refractivity contribution < 1.29 is 4.79 Å². The highest BCUT2D eigenvalue weighted by Gasteiger charge is 2.22. The third-order valence-corrected chi connectivity index (χ3v) is 3.70. The average molecular weight is 267 g/mol. The second kappa shape index (κ2) is 4.89. The maximum Gasteiger partial charge on any atom is 0.251 e. The van der Waals surface area contributed by atoms with E-state index < -0.39 is 0 Å². The summed E-state index contributed by atoms with van der Waals surface area (Å²) >= 11 is 0. The van der Waals surface area contributed by atoms with Gasteiger partial charge in [-0.25, -0.2) is 0 Å². The van der Waals surface area contributed by atoms with Gasteiger partial charge in [-0.05, 0) is 36.2 Å². The molecule has 102 valence electrons. The van der Waals surface area contributed by atoms with E-state index in [9.17, 15) is 4.79 Å². The normalized spacial score (nSPS) is 13.2. The van der Waals surface area contributed by atoms with Crippen LogP contribution in [0.5, 0.6) is 0 Å². The van der Waals surface area contributed by atoms with E-state index in [0.29, 0.717) is 11.3 Å². The predicted octanol–water partition coefficient (Wildman–Crippen LogP) is 2.32. The maximum absolute atomic E-state index is 11.8. The molecule has 2 aromatic carbocycles. The number of fused-ring (bicyclic) bond motifs is 1. The first-order chi connectivity index (χ1) is 9.70. The van der Waals surface area contributed by atoms with Crippen LogP contribution in [0.4, 0.5) is 17.1 Å². The van der Waals surface area contributed by atoms with Crippen molar-refractivity contribution in [2.45, 2.75) is 6.42 Å². The van der Waals surface area contributed by atoms with Gasteiger partial charge in [-0.3, -0.25) is 4.79 Å². The minimum Gasteiger partial charge on any atom is -0.397 e. The van der Waals surface area contributed by atoms with Crippen molar-refractivity contribution in [1.29, 1.82) is 0 Å². The SMILES string of the molecule is CNC(=O)c1ccc(N)c(N2CCc3ccccc32)c1. The molecule has 0 aromatic heterocycles. The third-order valence-electron chi connectivity index (χ3n) is 3.70. The summed E-state index contributed by atoms with van der Waals surface area (Å²) in [6, 6.07) is 13.7. The highest BCUT2D eigenvalue weighted by molar-refractivity contribution is 5.96. The summed E-state index contributed by atoms with van der Waals surface area (Å²) < 4.78 is 0. The van der Waals surface area contributed by atoms with Crippen molar-refractivity contribution in [1.82, 2.24) is 5.32 Å². The van der Waals surface area contributed by atoms with Crippen LogP contribution in [-0.4, -0.2) is 19.5 Å². The van der Waals surface area contributed by atoms with Crippen LogP contribution >= 0.6 is 0 Å². The predicted molar refractivity (Wildman–Crippen MR) is 81.4 cm³/mol. The van der Waals surface area contributed by atoms with E-state index in [1.54, 1.807) is 19.2 Å². The quantitative estimate of drug-likeness (QED) is 0.821. The molecule has 0 radical (unpaired) electrons. The minimum absolute atomic E-state index is 0.0984. The van der Waals surface area contributed by atoms with Crippen LogP contribution in [0.15, 0.2) is 42.5 Å². The van der Waals surface area contributed by atoms with Crippen LogP contribution in [0.2, 0.25) is 0 Å². The highest BCUT2D eigenvalue weighted by atomic mass is 16.1. The molecule has 20 heavy (non-hydrogen) atoms. The summed E-state index contributed by atoms with van der Waals surface area (Å²) in [6.07, 6.45) is 1.000. The molecule has 0 atom stereocenters. The number of hydrogen-bond acceptors (Lipinski definition) is 3. The van der Waals surface area contributed by atoms with E-state index in [1.807, 2.05) is 18.2 Å². The Kier molecular flexibility index (Phi) is 3.06. The first kappa shape index (κ1) is 12.5. The molecule has 1 amide bonds. The van der Waals surface area contributed by atoms with Crippen molar-refractivity contribution >= 4 is 23.0 Å². The molecule has 0 unspecified atom stereocenters. The summed E-state index contributed by atoms with van der Waals surface area (Å²) in [5, 5.41) is 2.64. The van der Waals surface area contributed by atoms with Gasteiger partial charge in [0.1, 0.15) is 0 Å². The van der Waals surface area contributed by atoms with Gasteiger partial charge in [0.25, 0.3) is 5.91 Å². The Morgan fingerprint density at radius 2 is 2.00 bits per heavy atom. The number of nitrogens with one attached hydrogen (secondary N) is 1. The largest absolute Gasteiger partial charge is 0.397 e. The molecule has 0 bridgehead atoms. The van der Waals surface area contributed by atoms with Gasteiger partial charge in [0.05, 0.1) is 11.4 Å². The molecule has 3 rings (SSSR count). The molecule has 4 nitrogen and oxygen atoms in total. The topological polar surface area (TPSA) is 58.4 Å². The number of amides is 1. The van der Waals surface area contributed by atoms with Crippen molar-refractivity contribution in [2.75, 3.05) is 24.2 Å². The van der Waals surface area contributed by atoms with Crippen LogP contribution in [0.3, 0.4) is 0 Å². The lowest BCUT2D eigenvalue weighted by atomic mass is 10.1. The van der Waals surface area contributed by atoms with Crippen LogP contribution in [0.1, 0.15) is 15.9 Å². The van der Waals surface area contributed by atoms with Crippen molar-refractivity contribution in [2.24, 2.45) is 0 Å². The Morgan fingerprint density at radius 3 is 2.80 bits per heavy atom. The second-order valence-electron chi connectivity index (χ2n) is 4.88. The van der Waals surface area contributed by atoms with Gasteiger partial charge in [-0.2, -0.15) is 0 Å². The minimum atomic E-state index is -0.0984. The summed E-state index contributed by atoms with van der Waals surface area (Å²) in [6.45, 7) is 0.890. The molecule has 1 aliphatic heterocycles. The highest BCUT2D eigenvalue weighted by Crippen LogP contribution is 2.37. The fraction of sp³-hybridized carbons (Fsp3) is 0.188. The number of carbonyl (C=O) groups excluding carboxylic acids is 1. The number of anilines is 3. The average Bonchev–Trinajstić information content (AvgIpc) is 2.91. The number of benzene rings is 2. The van der Waals surface area contributed by atoms with Crippen LogP contribution in [0.25, 0.3) is 0 Å². The zero-order chi connectivity index (χ0) is 14.1. The Balaban J connectivity index is 2.05. The Labute approximate surface area is 118 Å². The van der Waals surface area contributed by atoms with Gasteiger partial charge in [-0.15, -0.1) is 0 Å². The monoisotopic (exact) mass is 267 g/mol. The standard InChI is InChI=1S/C16H17N3O/c1-18-16(20)12-6-7-13(17)15(10-12)19-9-8-11-4-2-3-5-14(11)19/h2-7,10H,8-9,17H2,1H3,(H,18,20). The Bertz CT molecular complexity index is 667. The first-order valence-corrected chi connectivity index (χ1v) is 6.68. The molecule has 0 saturated carbocycles. The summed E-state index contributed by atoms with van der Waals surface area (Å²) in [7, 11) is 1.63. The molecule has 0 fully saturated rings. The van der Waals surface area contributed by atoms with E-state index in [4.69, 9.17) is 5.73 Å². The van der Waals surface area contributed by atoms with Gasteiger partial charge in [0.15, 0.2) is 0 Å². The fourth-order valence-electron chi connectivity index (χ4n) is 2.65. The molecule has 4 heteroatoms. The van der Waals surface area contributed by atoms with Crippen molar-refractivity contribution in [3.8, 4) is 0 Å². The number of carbonyl (C=O) groups is 1. The Morgan fingerprint density at radius 1 is 1.20 bits per heavy atom. The van der Waals surface area contributed by atoms with Crippen LogP contribution in [0, 0.1) is 0 Å². The van der Waals surface area contributed by atoms with Crippen LogP contribution in [-0.2, 0) is 6.42 Å². The summed E-state index contributed by atoms with van der Waals surface area (Å²) in [4.78, 5) is 13.9. The second-order valence-corrected chi connectivity index (χ2v) is 4.88. The maximum atomic E-state index is 11.8. The molecule has 1 heterocycles. The smallest absolute Gasteiger partial charge is 0.251 e. The van der Waals surface area contributed by atoms with E-state index in [0.717, 1.165) is 18.7 Å². The third kappa shape index (κ3) is 1.99. The lowest BCUT2D eigenvalue weighted by Crippen LogP contribution is -2.20. The van der Waals surface area contributed by atoms with Gasteiger partial charge in [0, 0.05) is 24.8 Å². The van der Waals surface area contributed by atoms with Gasteiger partial charge in [0.2, 0.25) is 0 Å². The van der Waals surface area contributed by atoms with Gasteiger partial charge >= 0.3 is 0 Å². The molecule has 3 N–H and O–H groups in total. The molecule has 0 spiro atoms. The van der Waals surface area contributed by atoms with Crippen LogP contribution < -0.4 is 16.0 Å². The van der Waals surface area contributed by atoms with E-state index >= 15 is 0 Å². The van der Waals surface area contributed by atoms with Gasteiger partial charge < -0.3 is 16.0 Å². The number of rotatable bonds is 2. The molecular formula is C16H17N3O. The molecule has 1 aliphatic rings. The molecule has 0 saturated heterocycles. The van der Waals surface area contributed by atoms with E-state index in [1.165, 1.54) is 11.3 Å². The van der Waals surface area contributed by atoms with Gasteiger partial charge in [-0.1, -0.05) is 18.2 Å². The zero-order valence-corrected chi connectivity index (χ0v) is 11.4. The number of hydrogen-bond donors (Lipinski definition) is 2. The number of nitrogen functional groups attached to an aromatic ring is 1. The molecular weight excluding hydrogens is 250 g/mol. The van der Waals surface area contributed by atoms with E-state index in [-0.39, 0.29) is 5.91 Å². The number of nitrogens with two attached hydrogens (primary N) is 1. The summed E-state index contributed by atoms with van der Waals surface area (Å²) in [5.74, 6) is -0.0984.